The second-order valence-electron chi connectivity index (χ2n) is 7.68. The van der Waals surface area contributed by atoms with Crippen LogP contribution < -0.4 is 14.8 Å². The molecular formula is C26H27ClFN3O2. The lowest BCUT2D eigenvalue weighted by molar-refractivity contribution is 0.265. The highest BCUT2D eigenvalue weighted by Gasteiger charge is 2.12. The van der Waals surface area contributed by atoms with Crippen molar-refractivity contribution in [3.63, 3.8) is 0 Å². The molecule has 0 radical (unpaired) electrons. The van der Waals surface area contributed by atoms with Gasteiger partial charge < -0.3 is 19.8 Å². The van der Waals surface area contributed by atoms with Gasteiger partial charge in [-0.25, -0.2) is 9.37 Å². The lowest BCUT2D eigenvalue weighted by Gasteiger charge is -2.15. The summed E-state index contributed by atoms with van der Waals surface area (Å²) in [6.45, 7) is 3.92. The molecule has 0 aliphatic heterocycles. The Kier molecular flexibility index (Phi) is 7.81. The maximum Gasteiger partial charge on any atom is 0.163 e. The number of hydrogen-bond donors (Lipinski definition) is 2. The minimum absolute atomic E-state index is 0.0997. The zero-order valence-electron chi connectivity index (χ0n) is 18.5. The smallest absolute Gasteiger partial charge is 0.163 e. The Bertz CT molecular complexity index is 1180. The third-order valence-corrected chi connectivity index (χ3v) is 5.63. The Morgan fingerprint density at radius 3 is 2.61 bits per heavy atom. The van der Waals surface area contributed by atoms with E-state index in [9.17, 15) is 4.39 Å². The molecule has 1 aromatic heterocycles. The Hall–Kier alpha value is -3.09. The van der Waals surface area contributed by atoms with Crippen molar-refractivity contribution in [1.82, 2.24) is 15.3 Å². The van der Waals surface area contributed by atoms with E-state index in [1.807, 2.05) is 37.3 Å². The van der Waals surface area contributed by atoms with E-state index in [0.29, 0.717) is 35.2 Å². The molecule has 0 aliphatic carbocycles. The molecule has 7 heteroatoms. The van der Waals surface area contributed by atoms with Gasteiger partial charge in [-0.3, -0.25) is 0 Å². The molecule has 0 fully saturated rings. The number of aromatic amines is 1. The van der Waals surface area contributed by atoms with E-state index in [0.717, 1.165) is 41.8 Å². The number of rotatable bonds is 11. The fraction of sp³-hybridized carbons (Fsp3) is 0.269. The summed E-state index contributed by atoms with van der Waals surface area (Å²) >= 11 is 6.50. The van der Waals surface area contributed by atoms with Crippen molar-refractivity contribution in [3.8, 4) is 11.5 Å². The van der Waals surface area contributed by atoms with Crippen molar-refractivity contribution in [2.75, 3.05) is 13.2 Å². The molecule has 4 rings (SSSR count). The molecule has 0 bridgehead atoms. The van der Waals surface area contributed by atoms with Crippen LogP contribution in [0.3, 0.4) is 0 Å². The molecule has 0 saturated carbocycles. The Morgan fingerprint density at radius 2 is 1.79 bits per heavy atom. The highest BCUT2D eigenvalue weighted by Crippen LogP contribution is 2.34. The third-order valence-electron chi connectivity index (χ3n) is 5.27. The molecule has 2 N–H and O–H groups in total. The van der Waals surface area contributed by atoms with Crippen LogP contribution in [0.1, 0.15) is 30.3 Å². The number of fused-ring (bicyclic) bond motifs is 1. The van der Waals surface area contributed by atoms with Gasteiger partial charge in [-0.15, -0.1) is 0 Å². The second-order valence-corrected chi connectivity index (χ2v) is 8.09. The van der Waals surface area contributed by atoms with Gasteiger partial charge in [0.25, 0.3) is 0 Å². The molecule has 0 aliphatic rings. The number of aromatic nitrogens is 2. The number of nitrogens with zero attached hydrogens (tertiary/aromatic N) is 1. The van der Waals surface area contributed by atoms with Crippen molar-refractivity contribution in [1.29, 1.82) is 0 Å². The van der Waals surface area contributed by atoms with Gasteiger partial charge >= 0.3 is 0 Å². The first kappa shape index (κ1) is 23.1. The predicted octanol–water partition coefficient (Wildman–Crippen LogP) is 6.06. The van der Waals surface area contributed by atoms with E-state index in [4.69, 9.17) is 21.1 Å². The van der Waals surface area contributed by atoms with E-state index < -0.39 is 0 Å². The molecule has 33 heavy (non-hydrogen) atoms. The number of para-hydroxylation sites is 2. The van der Waals surface area contributed by atoms with Crippen molar-refractivity contribution in [3.05, 3.63) is 88.5 Å². The lowest BCUT2D eigenvalue weighted by Crippen LogP contribution is -2.16. The van der Waals surface area contributed by atoms with E-state index in [1.54, 1.807) is 24.3 Å². The Morgan fingerprint density at radius 1 is 1.00 bits per heavy atom. The highest BCUT2D eigenvalue weighted by molar-refractivity contribution is 6.31. The Balaban J connectivity index is 1.32. The van der Waals surface area contributed by atoms with Crippen LogP contribution in [0.25, 0.3) is 11.0 Å². The average Bonchev–Trinajstić information content (AvgIpc) is 3.23. The molecule has 3 aromatic carbocycles. The first-order valence-corrected chi connectivity index (χ1v) is 11.5. The summed E-state index contributed by atoms with van der Waals surface area (Å²) in [5.41, 5.74) is 3.45. The summed E-state index contributed by atoms with van der Waals surface area (Å²) in [5.74, 6) is 1.78. The highest BCUT2D eigenvalue weighted by atomic mass is 35.5. The van der Waals surface area contributed by atoms with Crippen LogP contribution in [0.15, 0.2) is 60.7 Å². The quantitative estimate of drug-likeness (QED) is 0.263. The number of hydrogen-bond acceptors (Lipinski definition) is 4. The van der Waals surface area contributed by atoms with Gasteiger partial charge in [0.1, 0.15) is 18.2 Å². The van der Waals surface area contributed by atoms with Crippen molar-refractivity contribution < 1.29 is 13.9 Å². The molecule has 5 nitrogen and oxygen atoms in total. The van der Waals surface area contributed by atoms with Gasteiger partial charge in [0, 0.05) is 29.6 Å². The first-order valence-electron chi connectivity index (χ1n) is 11.1. The van der Waals surface area contributed by atoms with Gasteiger partial charge in [-0.1, -0.05) is 41.9 Å². The molecule has 1 heterocycles. The van der Waals surface area contributed by atoms with Crippen molar-refractivity contribution in [2.24, 2.45) is 0 Å². The van der Waals surface area contributed by atoms with Crippen LogP contribution in [0.4, 0.5) is 4.39 Å². The zero-order chi connectivity index (χ0) is 23.0. The fourth-order valence-electron chi connectivity index (χ4n) is 3.59. The van der Waals surface area contributed by atoms with Gasteiger partial charge in [-0.05, 0) is 49.7 Å². The molecule has 172 valence electrons. The summed E-state index contributed by atoms with van der Waals surface area (Å²) in [6, 6.07) is 18.2. The number of nitrogens with one attached hydrogen (secondary N) is 2. The van der Waals surface area contributed by atoms with E-state index in [-0.39, 0.29) is 12.4 Å². The van der Waals surface area contributed by atoms with Crippen LogP contribution in [0, 0.1) is 5.82 Å². The second kappa shape index (κ2) is 11.2. The predicted molar refractivity (Wildman–Crippen MR) is 129 cm³/mol. The van der Waals surface area contributed by atoms with Gasteiger partial charge in [-0.2, -0.15) is 0 Å². The molecular weight excluding hydrogens is 441 g/mol. The minimum atomic E-state index is -0.301. The van der Waals surface area contributed by atoms with Crippen molar-refractivity contribution in [2.45, 2.75) is 32.9 Å². The van der Waals surface area contributed by atoms with Crippen LogP contribution in [0.2, 0.25) is 5.02 Å². The van der Waals surface area contributed by atoms with Crippen molar-refractivity contribution >= 4 is 22.6 Å². The maximum atomic E-state index is 13.9. The molecule has 4 aromatic rings. The SMILES string of the molecule is CCOc1cc(CNCCCc2nc3ccccc3[nH]2)c(Cl)cc1OCc1ccccc1F. The molecule has 0 atom stereocenters. The number of benzene rings is 3. The maximum absolute atomic E-state index is 13.9. The summed E-state index contributed by atoms with van der Waals surface area (Å²) < 4.78 is 25.5. The Labute approximate surface area is 197 Å². The normalized spacial score (nSPS) is 11.1. The zero-order valence-corrected chi connectivity index (χ0v) is 19.3. The van der Waals surface area contributed by atoms with Crippen LogP contribution in [-0.2, 0) is 19.6 Å². The molecule has 0 saturated heterocycles. The summed E-state index contributed by atoms with van der Waals surface area (Å²) in [4.78, 5) is 7.97. The standard InChI is InChI=1S/C26H27ClFN3O2/c1-2-32-24-14-19(20(27)15-25(24)33-17-18-8-3-4-9-21(18)28)16-29-13-7-12-26-30-22-10-5-6-11-23(22)31-26/h3-6,8-11,14-15,29H,2,7,12-13,16-17H2,1H3,(H,30,31). The topological polar surface area (TPSA) is 59.2 Å². The van der Waals surface area contributed by atoms with Gasteiger partial charge in [0.2, 0.25) is 0 Å². The summed E-state index contributed by atoms with van der Waals surface area (Å²) in [6.07, 6.45) is 1.81. The van der Waals surface area contributed by atoms with E-state index >= 15 is 0 Å². The third kappa shape index (κ3) is 6.03. The van der Waals surface area contributed by atoms with E-state index in [1.165, 1.54) is 6.07 Å². The van der Waals surface area contributed by atoms with Gasteiger partial charge in [0.05, 0.1) is 17.6 Å². The molecule has 0 unspecified atom stereocenters. The summed E-state index contributed by atoms with van der Waals surface area (Å²) in [7, 11) is 0. The monoisotopic (exact) mass is 467 g/mol. The number of aryl methyl sites for hydroxylation is 1. The fourth-order valence-corrected chi connectivity index (χ4v) is 3.81. The van der Waals surface area contributed by atoms with Crippen LogP contribution in [-0.4, -0.2) is 23.1 Å². The average molecular weight is 468 g/mol. The summed E-state index contributed by atoms with van der Waals surface area (Å²) in [5, 5.41) is 4.00. The molecule has 0 spiro atoms. The largest absolute Gasteiger partial charge is 0.490 e. The van der Waals surface area contributed by atoms with E-state index in [2.05, 4.69) is 15.3 Å². The number of ether oxygens (including phenoxy) is 2. The van der Waals surface area contributed by atoms with Crippen LogP contribution >= 0.6 is 11.6 Å². The van der Waals surface area contributed by atoms with Crippen LogP contribution in [0.5, 0.6) is 11.5 Å². The lowest BCUT2D eigenvalue weighted by atomic mass is 10.2. The minimum Gasteiger partial charge on any atom is -0.490 e. The molecule has 0 amide bonds. The number of H-pyrrole nitrogens is 1. The number of halogens is 2. The number of imidazole rings is 1. The first-order chi connectivity index (χ1) is 16.1. The van der Waals surface area contributed by atoms with Gasteiger partial charge in [0.15, 0.2) is 11.5 Å².